The van der Waals surface area contributed by atoms with Crippen LogP contribution in [0.3, 0.4) is 0 Å². The van der Waals surface area contributed by atoms with Crippen LogP contribution < -0.4 is 0 Å². The lowest BCUT2D eigenvalue weighted by molar-refractivity contribution is -0.128. The second kappa shape index (κ2) is 4.52. The molecule has 24 heavy (non-hydrogen) atoms. The SMILES string of the molecule is CC1(C)[C@@H]2CC[C@]1(C)C(=O)[C@H]2P(O)[C@@H]1C(=O)[C@@]2(C)CC[C@H]1C2(C)C. The summed E-state index contributed by atoms with van der Waals surface area (Å²) in [6, 6.07) is 0. The zero-order valence-electron chi connectivity index (χ0n) is 15.8. The summed E-state index contributed by atoms with van der Waals surface area (Å²) in [5, 5.41) is 0. The Hall–Kier alpha value is -0.270. The van der Waals surface area contributed by atoms with E-state index >= 15 is 0 Å². The van der Waals surface area contributed by atoms with Crippen LogP contribution in [0.1, 0.15) is 67.2 Å². The number of rotatable bonds is 2. The molecule has 0 aliphatic heterocycles. The van der Waals surface area contributed by atoms with Crippen LogP contribution >= 0.6 is 8.15 Å². The van der Waals surface area contributed by atoms with Gasteiger partial charge in [-0.2, -0.15) is 0 Å². The highest BCUT2D eigenvalue weighted by Gasteiger charge is 2.72. The molecule has 0 radical (unpaired) electrons. The summed E-state index contributed by atoms with van der Waals surface area (Å²) in [5.41, 5.74) is -1.30. The van der Waals surface area contributed by atoms with Crippen molar-refractivity contribution in [1.29, 1.82) is 0 Å². The first-order valence-corrected chi connectivity index (χ1v) is 10.9. The second-order valence-electron chi connectivity index (χ2n) is 10.4. The Balaban J connectivity index is 1.71. The fraction of sp³-hybridized carbons (Fsp3) is 0.900. The molecule has 0 amide bonds. The van der Waals surface area contributed by atoms with Gasteiger partial charge in [-0.15, -0.1) is 0 Å². The van der Waals surface area contributed by atoms with E-state index in [1.807, 2.05) is 0 Å². The number of carbonyl (C=O) groups is 2. The molecule has 4 bridgehead atoms. The maximum Gasteiger partial charge on any atom is 0.149 e. The summed E-state index contributed by atoms with van der Waals surface area (Å²) < 4.78 is 0. The lowest BCUT2D eigenvalue weighted by Gasteiger charge is -2.35. The van der Waals surface area contributed by atoms with Gasteiger partial charge >= 0.3 is 0 Å². The molecule has 0 spiro atoms. The predicted molar refractivity (Wildman–Crippen MR) is 96.0 cm³/mol. The van der Waals surface area contributed by atoms with Crippen LogP contribution in [-0.4, -0.2) is 27.8 Å². The van der Waals surface area contributed by atoms with Crippen LogP contribution in [0.2, 0.25) is 0 Å². The highest BCUT2D eigenvalue weighted by atomic mass is 31.1. The number of Topliss-reactive ketones (excluding diaryl/α,β-unsaturated/α-hetero) is 2. The first-order valence-electron chi connectivity index (χ1n) is 9.47. The van der Waals surface area contributed by atoms with Gasteiger partial charge in [0, 0.05) is 19.0 Å². The van der Waals surface area contributed by atoms with E-state index < -0.39 is 8.15 Å². The third-order valence-corrected chi connectivity index (χ3v) is 11.9. The van der Waals surface area contributed by atoms with Gasteiger partial charge in [0.1, 0.15) is 11.6 Å². The van der Waals surface area contributed by atoms with Crippen molar-refractivity contribution in [2.45, 2.75) is 78.5 Å². The van der Waals surface area contributed by atoms with Crippen molar-refractivity contribution < 1.29 is 14.5 Å². The van der Waals surface area contributed by atoms with Gasteiger partial charge in [0.15, 0.2) is 0 Å². The Morgan fingerprint density at radius 2 is 1.12 bits per heavy atom. The van der Waals surface area contributed by atoms with E-state index in [2.05, 4.69) is 41.5 Å². The van der Waals surface area contributed by atoms with Crippen LogP contribution in [0, 0.1) is 33.5 Å². The fourth-order valence-corrected chi connectivity index (χ4v) is 10.0. The Morgan fingerprint density at radius 1 is 0.792 bits per heavy atom. The number of hydrogen-bond acceptors (Lipinski definition) is 3. The standard InChI is InChI=1S/C20H31O3P/c1-17(2)11-7-9-19(17,5)15(21)13(11)24(23)14-12-8-10-20(6,16(14)22)18(12,3)4/h11-14,23H,7-10H2,1-6H3/t11-,12-,13+,14+,19-,20-/m1/s1. The molecule has 0 saturated heterocycles. The summed E-state index contributed by atoms with van der Waals surface area (Å²) in [4.78, 5) is 37.8. The smallest absolute Gasteiger partial charge is 0.149 e. The Bertz CT molecular complexity index is 585. The van der Waals surface area contributed by atoms with Gasteiger partial charge in [0.05, 0.1) is 11.3 Å². The molecule has 0 aromatic heterocycles. The van der Waals surface area contributed by atoms with Crippen molar-refractivity contribution in [3.8, 4) is 0 Å². The minimum absolute atomic E-state index is 0.0574. The minimum Gasteiger partial charge on any atom is -0.372 e. The molecule has 0 aromatic rings. The molecular formula is C20H31O3P. The van der Waals surface area contributed by atoms with Crippen molar-refractivity contribution in [3.63, 3.8) is 0 Å². The Morgan fingerprint density at radius 3 is 1.38 bits per heavy atom. The number of carbonyl (C=O) groups excluding carboxylic acids is 2. The molecule has 4 saturated carbocycles. The molecule has 3 nitrogen and oxygen atoms in total. The van der Waals surface area contributed by atoms with E-state index in [-0.39, 0.29) is 56.4 Å². The number of fused-ring (bicyclic) bond motifs is 4. The molecule has 6 atom stereocenters. The van der Waals surface area contributed by atoms with E-state index in [0.717, 1.165) is 25.7 Å². The molecule has 0 unspecified atom stereocenters. The summed E-state index contributed by atoms with van der Waals surface area (Å²) in [5.74, 6) is 0.981. The molecule has 134 valence electrons. The fourth-order valence-electron chi connectivity index (χ4n) is 6.86. The Kier molecular flexibility index (Phi) is 3.23. The number of hydrogen-bond donors (Lipinski definition) is 1. The quantitative estimate of drug-likeness (QED) is 0.761. The molecule has 4 aliphatic carbocycles. The first-order chi connectivity index (χ1) is 10.9. The lowest BCUT2D eigenvalue weighted by atomic mass is 9.70. The van der Waals surface area contributed by atoms with Gasteiger partial charge in [0.25, 0.3) is 0 Å². The zero-order valence-corrected chi connectivity index (χ0v) is 16.7. The molecule has 4 heteroatoms. The molecule has 4 rings (SSSR count). The molecule has 0 heterocycles. The van der Waals surface area contributed by atoms with Crippen LogP contribution in [-0.2, 0) is 9.59 Å². The van der Waals surface area contributed by atoms with E-state index in [4.69, 9.17) is 0 Å². The van der Waals surface area contributed by atoms with Gasteiger partial charge in [-0.3, -0.25) is 9.59 Å². The van der Waals surface area contributed by atoms with Gasteiger partial charge in [-0.25, -0.2) is 0 Å². The van der Waals surface area contributed by atoms with E-state index in [1.54, 1.807) is 0 Å². The molecular weight excluding hydrogens is 319 g/mol. The van der Waals surface area contributed by atoms with Crippen LogP contribution in [0.25, 0.3) is 0 Å². The average Bonchev–Trinajstić information content (AvgIpc) is 2.97. The van der Waals surface area contributed by atoms with E-state index in [0.29, 0.717) is 0 Å². The van der Waals surface area contributed by atoms with Gasteiger partial charge in [-0.1, -0.05) is 41.5 Å². The normalized spacial score (nSPS) is 51.2. The van der Waals surface area contributed by atoms with Crippen LogP contribution in [0.4, 0.5) is 0 Å². The monoisotopic (exact) mass is 350 g/mol. The van der Waals surface area contributed by atoms with E-state index in [9.17, 15) is 14.5 Å². The van der Waals surface area contributed by atoms with E-state index in [1.165, 1.54) is 0 Å². The average molecular weight is 350 g/mol. The molecule has 1 N–H and O–H groups in total. The largest absolute Gasteiger partial charge is 0.372 e. The maximum atomic E-state index is 13.2. The van der Waals surface area contributed by atoms with Crippen molar-refractivity contribution >= 4 is 19.7 Å². The van der Waals surface area contributed by atoms with Crippen molar-refractivity contribution in [2.75, 3.05) is 0 Å². The van der Waals surface area contributed by atoms with Crippen molar-refractivity contribution in [2.24, 2.45) is 33.5 Å². The predicted octanol–water partition coefficient (Wildman–Crippen LogP) is 4.16. The van der Waals surface area contributed by atoms with Crippen molar-refractivity contribution in [1.82, 2.24) is 0 Å². The van der Waals surface area contributed by atoms with Gasteiger partial charge < -0.3 is 4.89 Å². The van der Waals surface area contributed by atoms with Gasteiger partial charge in [0.2, 0.25) is 0 Å². The Labute approximate surface area is 146 Å². The maximum absolute atomic E-state index is 13.2. The molecule has 4 fully saturated rings. The highest BCUT2D eigenvalue weighted by molar-refractivity contribution is 7.55. The third kappa shape index (κ3) is 1.55. The van der Waals surface area contributed by atoms with Crippen LogP contribution in [0.15, 0.2) is 0 Å². The summed E-state index contributed by atoms with van der Waals surface area (Å²) >= 11 is 0. The van der Waals surface area contributed by atoms with Crippen molar-refractivity contribution in [3.05, 3.63) is 0 Å². The lowest BCUT2D eigenvalue weighted by Crippen LogP contribution is -2.39. The highest BCUT2D eigenvalue weighted by Crippen LogP contribution is 2.75. The molecule has 0 aromatic carbocycles. The molecule has 4 aliphatic rings. The second-order valence-corrected chi connectivity index (χ2v) is 12.3. The zero-order chi connectivity index (χ0) is 17.9. The van der Waals surface area contributed by atoms with Crippen LogP contribution in [0.5, 0.6) is 0 Å². The topological polar surface area (TPSA) is 54.4 Å². The van der Waals surface area contributed by atoms with Gasteiger partial charge in [-0.05, 0) is 48.3 Å². The third-order valence-electron chi connectivity index (χ3n) is 9.57. The number of ketones is 2. The first kappa shape index (κ1) is 17.2. The summed E-state index contributed by atoms with van der Waals surface area (Å²) in [6.45, 7) is 13.0. The minimum atomic E-state index is -1.57. The summed E-state index contributed by atoms with van der Waals surface area (Å²) in [6.07, 6.45) is 3.92. The summed E-state index contributed by atoms with van der Waals surface area (Å²) in [7, 11) is -1.57.